The van der Waals surface area contributed by atoms with Crippen molar-refractivity contribution in [1.29, 1.82) is 0 Å². The Morgan fingerprint density at radius 2 is 1.68 bits per heavy atom. The van der Waals surface area contributed by atoms with Crippen molar-refractivity contribution in [3.63, 3.8) is 0 Å². The Labute approximate surface area is 191 Å². The lowest BCUT2D eigenvalue weighted by Gasteiger charge is -2.13. The fraction of sp³-hybridized carbons (Fsp3) is 0.217. The monoisotopic (exact) mass is 456 g/mol. The van der Waals surface area contributed by atoms with Crippen molar-refractivity contribution in [2.24, 2.45) is 0 Å². The molecule has 0 aliphatic rings. The smallest absolute Gasteiger partial charge is 0.341 e. The van der Waals surface area contributed by atoms with E-state index in [9.17, 15) is 4.79 Å². The maximum atomic E-state index is 12.5. The van der Waals surface area contributed by atoms with Crippen molar-refractivity contribution in [3.8, 4) is 11.5 Å². The van der Waals surface area contributed by atoms with Gasteiger partial charge in [-0.25, -0.2) is 4.79 Å². The standard InChI is InChI=1S/C23H24N2O4S2/c1-4-29-22(26)20-14-19(10-15-8-6-5-7-9-15)31-21(20)25-23(30)24-16-11-17(27-2)13-18(12-16)28-3/h5-9,11-14H,4,10H2,1-3H3,(H2,24,25,30). The summed E-state index contributed by atoms with van der Waals surface area (Å²) in [7, 11) is 3.17. The first-order valence-corrected chi connectivity index (χ1v) is 10.9. The third kappa shape index (κ3) is 6.19. The Kier molecular flexibility index (Phi) is 7.86. The number of rotatable bonds is 8. The van der Waals surface area contributed by atoms with Crippen molar-refractivity contribution in [1.82, 2.24) is 0 Å². The lowest BCUT2D eigenvalue weighted by atomic mass is 10.1. The van der Waals surface area contributed by atoms with E-state index in [0.717, 1.165) is 10.4 Å². The van der Waals surface area contributed by atoms with E-state index in [-0.39, 0.29) is 5.97 Å². The minimum absolute atomic E-state index is 0.300. The molecule has 0 atom stereocenters. The summed E-state index contributed by atoms with van der Waals surface area (Å²) in [5.41, 5.74) is 2.33. The quantitative estimate of drug-likeness (QED) is 0.350. The molecule has 31 heavy (non-hydrogen) atoms. The van der Waals surface area contributed by atoms with Gasteiger partial charge in [0, 0.05) is 35.2 Å². The van der Waals surface area contributed by atoms with E-state index in [0.29, 0.717) is 45.9 Å². The number of esters is 1. The van der Waals surface area contributed by atoms with Crippen LogP contribution in [0, 0.1) is 0 Å². The van der Waals surface area contributed by atoms with E-state index >= 15 is 0 Å². The van der Waals surface area contributed by atoms with Gasteiger partial charge in [-0.05, 0) is 30.8 Å². The van der Waals surface area contributed by atoms with Crippen LogP contribution in [0.15, 0.2) is 54.6 Å². The largest absolute Gasteiger partial charge is 0.497 e. The second kappa shape index (κ2) is 10.8. The number of thiocarbonyl (C=S) groups is 1. The molecule has 0 radical (unpaired) electrons. The van der Waals surface area contributed by atoms with Gasteiger partial charge in [-0.1, -0.05) is 30.3 Å². The molecule has 0 aliphatic carbocycles. The summed E-state index contributed by atoms with van der Waals surface area (Å²) in [6.45, 7) is 2.08. The highest BCUT2D eigenvalue weighted by atomic mass is 32.1. The average molecular weight is 457 g/mol. The van der Waals surface area contributed by atoms with Gasteiger partial charge < -0.3 is 24.8 Å². The highest BCUT2D eigenvalue weighted by Crippen LogP contribution is 2.31. The normalized spacial score (nSPS) is 10.3. The molecule has 0 unspecified atom stereocenters. The summed E-state index contributed by atoms with van der Waals surface area (Å²) in [6, 6.07) is 17.3. The van der Waals surface area contributed by atoms with Crippen LogP contribution in [0.25, 0.3) is 0 Å². The number of anilines is 2. The van der Waals surface area contributed by atoms with Crippen molar-refractivity contribution < 1.29 is 19.0 Å². The van der Waals surface area contributed by atoms with Gasteiger partial charge in [0.25, 0.3) is 0 Å². The Bertz CT molecular complexity index is 1030. The third-order valence-corrected chi connectivity index (χ3v) is 5.59. The van der Waals surface area contributed by atoms with Crippen LogP contribution in [0.5, 0.6) is 11.5 Å². The van der Waals surface area contributed by atoms with Crippen molar-refractivity contribution >= 4 is 45.3 Å². The predicted molar refractivity (Wildman–Crippen MR) is 129 cm³/mol. The molecule has 0 saturated heterocycles. The van der Waals surface area contributed by atoms with E-state index in [4.69, 9.17) is 26.4 Å². The molecule has 0 spiro atoms. The van der Waals surface area contributed by atoms with Crippen molar-refractivity contribution in [2.75, 3.05) is 31.5 Å². The molecule has 2 N–H and O–H groups in total. The maximum Gasteiger partial charge on any atom is 0.341 e. The fourth-order valence-electron chi connectivity index (χ4n) is 2.92. The van der Waals surface area contributed by atoms with Gasteiger partial charge >= 0.3 is 5.97 Å². The van der Waals surface area contributed by atoms with Gasteiger partial charge in [0.05, 0.1) is 26.4 Å². The predicted octanol–water partition coefficient (Wildman–Crippen LogP) is 5.34. The van der Waals surface area contributed by atoms with Gasteiger partial charge in [0.2, 0.25) is 0 Å². The van der Waals surface area contributed by atoms with Crippen LogP contribution in [0.3, 0.4) is 0 Å². The molecule has 162 valence electrons. The van der Waals surface area contributed by atoms with Crippen molar-refractivity contribution in [3.05, 3.63) is 70.6 Å². The highest BCUT2D eigenvalue weighted by Gasteiger charge is 2.18. The number of methoxy groups -OCH3 is 2. The zero-order chi connectivity index (χ0) is 22.2. The second-order valence-corrected chi connectivity index (χ2v) is 8.06. The van der Waals surface area contributed by atoms with E-state index < -0.39 is 0 Å². The molecule has 2 aromatic carbocycles. The fourth-order valence-corrected chi connectivity index (χ4v) is 4.29. The van der Waals surface area contributed by atoms with E-state index in [2.05, 4.69) is 22.8 Å². The van der Waals surface area contributed by atoms with Crippen LogP contribution in [-0.2, 0) is 11.2 Å². The molecule has 0 fully saturated rings. The number of carbonyl (C=O) groups is 1. The summed E-state index contributed by atoms with van der Waals surface area (Å²) >= 11 is 6.95. The summed E-state index contributed by atoms with van der Waals surface area (Å²) in [6.07, 6.45) is 0.715. The first-order chi connectivity index (χ1) is 15.0. The molecule has 3 rings (SSSR count). The second-order valence-electron chi connectivity index (χ2n) is 6.52. The van der Waals surface area contributed by atoms with Gasteiger partial charge in [-0.15, -0.1) is 11.3 Å². The Morgan fingerprint density at radius 1 is 1.00 bits per heavy atom. The van der Waals surface area contributed by atoms with Crippen LogP contribution in [-0.4, -0.2) is 31.9 Å². The first-order valence-electron chi connectivity index (χ1n) is 9.67. The van der Waals surface area contributed by atoms with Crippen LogP contribution in [0.2, 0.25) is 0 Å². The SMILES string of the molecule is CCOC(=O)c1cc(Cc2ccccc2)sc1NC(=S)Nc1cc(OC)cc(OC)c1. The van der Waals surface area contributed by atoms with Crippen LogP contribution in [0.4, 0.5) is 10.7 Å². The Hall–Kier alpha value is -3.10. The topological polar surface area (TPSA) is 68.8 Å². The molecule has 0 saturated carbocycles. The molecular formula is C23H24N2O4S2. The van der Waals surface area contributed by atoms with Crippen molar-refractivity contribution in [2.45, 2.75) is 13.3 Å². The van der Waals surface area contributed by atoms with E-state index in [1.807, 2.05) is 24.3 Å². The minimum Gasteiger partial charge on any atom is -0.497 e. The van der Waals surface area contributed by atoms with Gasteiger partial charge in [-0.3, -0.25) is 0 Å². The van der Waals surface area contributed by atoms with E-state index in [1.165, 1.54) is 11.3 Å². The van der Waals surface area contributed by atoms with Crippen LogP contribution in [0.1, 0.15) is 27.7 Å². The summed E-state index contributed by atoms with van der Waals surface area (Å²) in [5.74, 6) is 0.891. The lowest BCUT2D eigenvalue weighted by Crippen LogP contribution is -2.20. The molecule has 3 aromatic rings. The van der Waals surface area contributed by atoms with Gasteiger partial charge in [0.15, 0.2) is 5.11 Å². The zero-order valence-corrected chi connectivity index (χ0v) is 19.2. The first kappa shape index (κ1) is 22.6. The number of nitrogens with one attached hydrogen (secondary N) is 2. The molecule has 1 heterocycles. The van der Waals surface area contributed by atoms with Crippen LogP contribution >= 0.6 is 23.6 Å². The minimum atomic E-state index is -0.383. The number of thiophene rings is 1. The van der Waals surface area contributed by atoms with E-state index in [1.54, 1.807) is 39.3 Å². The molecule has 8 heteroatoms. The van der Waals surface area contributed by atoms with Gasteiger partial charge in [-0.2, -0.15) is 0 Å². The number of benzene rings is 2. The third-order valence-electron chi connectivity index (χ3n) is 4.34. The number of ether oxygens (including phenoxy) is 3. The summed E-state index contributed by atoms with van der Waals surface area (Å²) in [5, 5.41) is 7.23. The molecular weight excluding hydrogens is 432 g/mol. The molecule has 0 bridgehead atoms. The Balaban J connectivity index is 1.80. The highest BCUT2D eigenvalue weighted by molar-refractivity contribution is 7.80. The molecule has 0 aliphatic heterocycles. The maximum absolute atomic E-state index is 12.5. The average Bonchev–Trinajstić information content (AvgIpc) is 3.16. The summed E-state index contributed by atoms with van der Waals surface area (Å²) < 4.78 is 15.8. The number of carbonyl (C=O) groups excluding carboxylic acids is 1. The lowest BCUT2D eigenvalue weighted by molar-refractivity contribution is 0.0528. The molecule has 0 amide bonds. The number of hydrogen-bond acceptors (Lipinski definition) is 6. The van der Waals surface area contributed by atoms with Crippen LogP contribution < -0.4 is 20.1 Å². The molecule has 1 aromatic heterocycles. The number of hydrogen-bond donors (Lipinski definition) is 2. The zero-order valence-electron chi connectivity index (χ0n) is 17.6. The summed E-state index contributed by atoms with van der Waals surface area (Å²) in [4.78, 5) is 13.5. The Morgan fingerprint density at radius 3 is 2.29 bits per heavy atom. The molecule has 6 nitrogen and oxygen atoms in total. The van der Waals surface area contributed by atoms with Gasteiger partial charge in [0.1, 0.15) is 16.5 Å².